The summed E-state index contributed by atoms with van der Waals surface area (Å²) in [7, 11) is 0. The van der Waals surface area contributed by atoms with Crippen molar-refractivity contribution in [2.75, 3.05) is 19.7 Å². The van der Waals surface area contributed by atoms with Gasteiger partial charge < -0.3 is 9.64 Å². The Morgan fingerprint density at radius 1 is 1.39 bits per heavy atom. The number of ether oxygens (including phenoxy) is 1. The third-order valence-electron chi connectivity index (χ3n) is 4.37. The van der Waals surface area contributed by atoms with Crippen LogP contribution >= 0.6 is 0 Å². The lowest BCUT2D eigenvalue weighted by atomic mass is 10.1. The summed E-state index contributed by atoms with van der Waals surface area (Å²) in [4.78, 5) is 18.4. The molecule has 1 atom stereocenters. The van der Waals surface area contributed by atoms with Crippen molar-refractivity contribution in [3.8, 4) is 0 Å². The van der Waals surface area contributed by atoms with Gasteiger partial charge in [0, 0.05) is 31.1 Å². The molecule has 2 aromatic rings. The number of morpholine rings is 1. The average Bonchev–Trinajstić information content (AvgIpc) is 2.92. The van der Waals surface area contributed by atoms with Gasteiger partial charge in [-0.25, -0.2) is 0 Å². The molecule has 1 aliphatic heterocycles. The number of carbonyl (C=O) groups excluding carboxylic acids is 1. The second-order valence-corrected chi connectivity index (χ2v) is 5.89. The fraction of sp³-hybridized carbons (Fsp3) is 0.471. The molecule has 1 saturated heterocycles. The highest BCUT2D eigenvalue weighted by Crippen LogP contribution is 2.22. The van der Waals surface area contributed by atoms with Crippen molar-refractivity contribution in [1.29, 1.82) is 0 Å². The highest BCUT2D eigenvalue weighted by Gasteiger charge is 2.25. The molecule has 6 nitrogen and oxygen atoms in total. The maximum absolute atomic E-state index is 12.5. The number of carbonyl (C=O) groups is 1. The highest BCUT2D eigenvalue weighted by molar-refractivity contribution is 5.76. The number of nitrogens with one attached hydrogen (secondary N) is 1. The molecule has 3 heterocycles. The molecule has 1 aliphatic rings. The molecule has 0 aromatic carbocycles. The van der Waals surface area contributed by atoms with Crippen LogP contribution in [0.4, 0.5) is 0 Å². The average molecular weight is 314 g/mol. The van der Waals surface area contributed by atoms with Gasteiger partial charge in [-0.15, -0.1) is 0 Å². The molecule has 1 unspecified atom stereocenters. The van der Waals surface area contributed by atoms with Gasteiger partial charge in [0.2, 0.25) is 5.91 Å². The van der Waals surface area contributed by atoms with Crippen molar-refractivity contribution in [3.05, 3.63) is 47.0 Å². The van der Waals surface area contributed by atoms with Gasteiger partial charge in [-0.1, -0.05) is 0 Å². The summed E-state index contributed by atoms with van der Waals surface area (Å²) in [5.74, 6) is 0.173. The number of pyridine rings is 1. The van der Waals surface area contributed by atoms with Gasteiger partial charge >= 0.3 is 0 Å². The summed E-state index contributed by atoms with van der Waals surface area (Å²) in [6, 6.07) is 3.88. The van der Waals surface area contributed by atoms with Gasteiger partial charge in [-0.05, 0) is 43.5 Å². The monoisotopic (exact) mass is 314 g/mol. The number of hydrogen-bond donors (Lipinski definition) is 1. The van der Waals surface area contributed by atoms with Crippen LogP contribution in [0.25, 0.3) is 0 Å². The minimum absolute atomic E-state index is 0.0619. The van der Waals surface area contributed by atoms with Crippen LogP contribution in [0.1, 0.15) is 35.0 Å². The van der Waals surface area contributed by atoms with Crippen molar-refractivity contribution in [2.45, 2.75) is 32.8 Å². The zero-order valence-corrected chi connectivity index (χ0v) is 13.6. The minimum atomic E-state index is -0.0619. The molecule has 122 valence electrons. The summed E-state index contributed by atoms with van der Waals surface area (Å²) < 4.78 is 5.80. The summed E-state index contributed by atoms with van der Waals surface area (Å²) in [5, 5.41) is 7.15. The third-order valence-corrected chi connectivity index (χ3v) is 4.37. The molecule has 23 heavy (non-hydrogen) atoms. The molecule has 2 aromatic heterocycles. The van der Waals surface area contributed by atoms with Crippen LogP contribution < -0.4 is 0 Å². The number of aryl methyl sites for hydroxylation is 2. The lowest BCUT2D eigenvalue weighted by molar-refractivity contribution is -0.139. The molecule has 1 N–H and O–H groups in total. The fourth-order valence-electron chi connectivity index (χ4n) is 2.99. The van der Waals surface area contributed by atoms with Crippen LogP contribution in [-0.4, -0.2) is 45.7 Å². The molecule has 0 spiro atoms. The van der Waals surface area contributed by atoms with E-state index in [1.165, 1.54) is 0 Å². The maximum Gasteiger partial charge on any atom is 0.223 e. The minimum Gasteiger partial charge on any atom is -0.370 e. The first-order valence-electron chi connectivity index (χ1n) is 7.95. The standard InChI is InChI=1S/C17H22N4O2/c1-12-15(13(2)20-19-12)3-4-17(22)21-9-10-23-16(11-21)14-5-7-18-8-6-14/h5-8,16H,3-4,9-11H2,1-2H3,(H,19,20). The SMILES string of the molecule is Cc1n[nH]c(C)c1CCC(=O)N1CCOC(c2ccncc2)C1. The zero-order chi connectivity index (χ0) is 16.2. The van der Waals surface area contributed by atoms with E-state index >= 15 is 0 Å². The summed E-state index contributed by atoms with van der Waals surface area (Å²) in [6.07, 6.45) is 4.68. The molecule has 0 aliphatic carbocycles. The van der Waals surface area contributed by atoms with Crippen LogP contribution in [0.5, 0.6) is 0 Å². The molecule has 0 radical (unpaired) electrons. The Bertz CT molecular complexity index is 649. The normalized spacial score (nSPS) is 18.2. The van der Waals surface area contributed by atoms with E-state index in [1.54, 1.807) is 12.4 Å². The molecular weight excluding hydrogens is 292 g/mol. The Balaban J connectivity index is 1.59. The Hall–Kier alpha value is -2.21. The second-order valence-electron chi connectivity index (χ2n) is 5.89. The van der Waals surface area contributed by atoms with Crippen LogP contribution in [0, 0.1) is 13.8 Å². The van der Waals surface area contributed by atoms with Gasteiger partial charge in [0.05, 0.1) is 18.8 Å². The Morgan fingerprint density at radius 2 is 2.17 bits per heavy atom. The van der Waals surface area contributed by atoms with Gasteiger partial charge in [-0.3, -0.25) is 14.9 Å². The lowest BCUT2D eigenvalue weighted by Gasteiger charge is -2.33. The summed E-state index contributed by atoms with van der Waals surface area (Å²) in [5.41, 5.74) is 4.25. The molecule has 3 rings (SSSR count). The summed E-state index contributed by atoms with van der Waals surface area (Å²) >= 11 is 0. The molecule has 0 bridgehead atoms. The van der Waals surface area contributed by atoms with Gasteiger partial charge in [-0.2, -0.15) is 5.10 Å². The predicted octanol–water partition coefficient (Wildman–Crippen LogP) is 1.95. The topological polar surface area (TPSA) is 71.1 Å². The van der Waals surface area contributed by atoms with E-state index in [2.05, 4.69) is 15.2 Å². The largest absolute Gasteiger partial charge is 0.370 e. The number of aromatic amines is 1. The van der Waals surface area contributed by atoms with Crippen LogP contribution in [0.3, 0.4) is 0 Å². The Morgan fingerprint density at radius 3 is 2.87 bits per heavy atom. The van der Waals surface area contributed by atoms with Crippen molar-refractivity contribution in [2.24, 2.45) is 0 Å². The van der Waals surface area contributed by atoms with Crippen LogP contribution in [0.2, 0.25) is 0 Å². The maximum atomic E-state index is 12.5. The first-order valence-corrected chi connectivity index (χ1v) is 7.95. The second kappa shape index (κ2) is 6.91. The molecule has 1 fully saturated rings. The zero-order valence-electron chi connectivity index (χ0n) is 13.6. The van der Waals surface area contributed by atoms with E-state index in [-0.39, 0.29) is 12.0 Å². The van der Waals surface area contributed by atoms with Crippen molar-refractivity contribution < 1.29 is 9.53 Å². The third kappa shape index (κ3) is 3.59. The number of aromatic nitrogens is 3. The van der Waals surface area contributed by atoms with E-state index in [4.69, 9.17) is 4.74 Å². The van der Waals surface area contributed by atoms with Gasteiger partial charge in [0.25, 0.3) is 0 Å². The van der Waals surface area contributed by atoms with E-state index in [9.17, 15) is 4.79 Å². The highest BCUT2D eigenvalue weighted by atomic mass is 16.5. The molecular formula is C17H22N4O2. The van der Waals surface area contributed by atoms with Crippen molar-refractivity contribution in [3.63, 3.8) is 0 Å². The lowest BCUT2D eigenvalue weighted by Crippen LogP contribution is -2.42. The Labute approximate surface area is 135 Å². The first kappa shape index (κ1) is 15.7. The molecule has 1 amide bonds. The summed E-state index contributed by atoms with van der Waals surface area (Å²) in [6.45, 7) is 5.80. The first-order chi connectivity index (χ1) is 11.1. The number of amides is 1. The van der Waals surface area contributed by atoms with Gasteiger partial charge in [0.15, 0.2) is 0 Å². The van der Waals surface area contributed by atoms with Crippen LogP contribution in [0.15, 0.2) is 24.5 Å². The molecule has 0 saturated carbocycles. The van der Waals surface area contributed by atoms with Crippen molar-refractivity contribution in [1.82, 2.24) is 20.1 Å². The predicted molar refractivity (Wildman–Crippen MR) is 85.9 cm³/mol. The number of nitrogens with zero attached hydrogens (tertiary/aromatic N) is 3. The quantitative estimate of drug-likeness (QED) is 0.936. The Kier molecular flexibility index (Phi) is 4.71. The molecule has 6 heteroatoms. The van der Waals surface area contributed by atoms with E-state index in [0.29, 0.717) is 26.1 Å². The number of H-pyrrole nitrogens is 1. The van der Waals surface area contributed by atoms with Crippen molar-refractivity contribution >= 4 is 5.91 Å². The number of hydrogen-bond acceptors (Lipinski definition) is 4. The number of rotatable bonds is 4. The van der Waals surface area contributed by atoms with E-state index in [1.807, 2.05) is 30.9 Å². The van der Waals surface area contributed by atoms with Crippen LogP contribution in [-0.2, 0) is 16.0 Å². The fourth-order valence-corrected chi connectivity index (χ4v) is 2.99. The van der Waals surface area contributed by atoms with E-state index < -0.39 is 0 Å². The smallest absolute Gasteiger partial charge is 0.223 e. The van der Waals surface area contributed by atoms with E-state index in [0.717, 1.165) is 28.9 Å². The van der Waals surface area contributed by atoms with Gasteiger partial charge in [0.1, 0.15) is 6.10 Å².